The first kappa shape index (κ1) is 12.2. The highest BCUT2D eigenvalue weighted by Crippen LogP contribution is 2.26. The maximum absolute atomic E-state index is 11.9. The highest BCUT2D eigenvalue weighted by molar-refractivity contribution is 5.34. The van der Waals surface area contributed by atoms with Gasteiger partial charge >= 0.3 is 12.2 Å². The van der Waals surface area contributed by atoms with Gasteiger partial charge in [-0.15, -0.1) is 13.2 Å². The minimum atomic E-state index is -4.89. The van der Waals surface area contributed by atoms with Gasteiger partial charge in [0.1, 0.15) is 0 Å². The Kier molecular flexibility index (Phi) is 3.28. The number of pyridine rings is 1. The number of nitrogens with two attached hydrogens (primary N) is 1. The molecule has 1 aromatic rings. The lowest BCUT2D eigenvalue weighted by atomic mass is 10.3. The molecule has 1 rings (SSSR count). The number of hydrogen-bond acceptors (Lipinski definition) is 5. The molecule has 1 heterocycles. The molecular formula is C7H6F3N3O3. The Bertz CT molecular complexity index is 408. The van der Waals surface area contributed by atoms with Gasteiger partial charge in [-0.3, -0.25) is 0 Å². The molecule has 0 aliphatic carbocycles. The maximum Gasteiger partial charge on any atom is 0.573 e. The van der Waals surface area contributed by atoms with Gasteiger partial charge in [-0.1, -0.05) is 0 Å². The summed E-state index contributed by atoms with van der Waals surface area (Å²) in [5.74, 6) is -1.23. The Labute approximate surface area is 87.0 Å². The topological polar surface area (TPSA) is 91.3 Å². The first-order valence-electron chi connectivity index (χ1n) is 3.93. The van der Waals surface area contributed by atoms with Gasteiger partial charge < -0.3 is 20.6 Å². The lowest BCUT2D eigenvalue weighted by molar-refractivity contribution is -0.389. The van der Waals surface area contributed by atoms with Crippen molar-refractivity contribution in [3.63, 3.8) is 0 Å². The monoisotopic (exact) mass is 237 g/mol. The van der Waals surface area contributed by atoms with Gasteiger partial charge in [0.2, 0.25) is 5.69 Å². The van der Waals surface area contributed by atoms with Crippen LogP contribution in [0.5, 0.6) is 5.75 Å². The summed E-state index contributed by atoms with van der Waals surface area (Å²) >= 11 is 0. The zero-order valence-electron chi connectivity index (χ0n) is 7.69. The van der Waals surface area contributed by atoms with Gasteiger partial charge in [0, 0.05) is 6.07 Å². The quantitative estimate of drug-likeness (QED) is 0.632. The molecule has 0 atom stereocenters. The molecule has 0 bridgehead atoms. The Morgan fingerprint density at radius 2 is 2.12 bits per heavy atom. The van der Waals surface area contributed by atoms with Crippen LogP contribution < -0.4 is 10.5 Å². The van der Waals surface area contributed by atoms with E-state index in [-0.39, 0.29) is 5.69 Å². The summed E-state index contributed by atoms with van der Waals surface area (Å²) in [6.45, 7) is -0.396. The van der Waals surface area contributed by atoms with E-state index in [1.807, 2.05) is 0 Å². The van der Waals surface area contributed by atoms with Crippen molar-refractivity contribution in [2.24, 2.45) is 5.73 Å². The normalized spacial score (nSPS) is 11.2. The van der Waals surface area contributed by atoms with E-state index >= 15 is 0 Å². The van der Waals surface area contributed by atoms with E-state index in [0.717, 1.165) is 12.1 Å². The minimum Gasteiger partial charge on any atom is -0.401 e. The molecule has 0 aromatic carbocycles. The fourth-order valence-electron chi connectivity index (χ4n) is 0.943. The van der Waals surface area contributed by atoms with E-state index in [9.17, 15) is 23.3 Å². The molecule has 1 aromatic heterocycles. The number of nitro groups is 1. The highest BCUT2D eigenvalue weighted by Gasteiger charge is 2.33. The largest absolute Gasteiger partial charge is 0.573 e. The summed E-state index contributed by atoms with van der Waals surface area (Å²) in [6, 6.07) is 1.61. The number of hydrogen-bond donors (Lipinski definition) is 1. The van der Waals surface area contributed by atoms with Crippen molar-refractivity contribution < 1.29 is 22.8 Å². The molecule has 0 spiro atoms. The van der Waals surface area contributed by atoms with Gasteiger partial charge in [-0.2, -0.15) is 0 Å². The zero-order valence-corrected chi connectivity index (χ0v) is 7.69. The number of halogens is 3. The molecule has 0 unspecified atom stereocenters. The number of ether oxygens (including phenoxy) is 1. The molecule has 0 saturated heterocycles. The molecule has 6 nitrogen and oxygen atoms in total. The van der Waals surface area contributed by atoms with Gasteiger partial charge in [0.05, 0.1) is 6.54 Å². The van der Waals surface area contributed by atoms with Gasteiger partial charge in [0.25, 0.3) is 0 Å². The number of nitrogens with zero attached hydrogens (tertiary/aromatic N) is 2. The van der Waals surface area contributed by atoms with Crippen LogP contribution in [-0.4, -0.2) is 16.3 Å². The fraction of sp³-hybridized carbons (Fsp3) is 0.286. The third kappa shape index (κ3) is 3.05. The molecule has 2 N–H and O–H groups in total. The van der Waals surface area contributed by atoms with Crippen molar-refractivity contribution in [3.05, 3.63) is 27.9 Å². The van der Waals surface area contributed by atoms with Crippen LogP contribution in [0.1, 0.15) is 5.69 Å². The predicted molar refractivity (Wildman–Crippen MR) is 45.5 cm³/mol. The van der Waals surface area contributed by atoms with Crippen LogP contribution in [0.3, 0.4) is 0 Å². The van der Waals surface area contributed by atoms with Crippen LogP contribution in [0.2, 0.25) is 0 Å². The third-order valence-electron chi connectivity index (χ3n) is 1.52. The standard InChI is InChI=1S/C7H6F3N3O3/c8-7(9,10)16-5-1-2-6(13(14)15)12-4(5)3-11/h1-2H,3,11H2. The minimum absolute atomic E-state index is 0.327. The lowest BCUT2D eigenvalue weighted by Gasteiger charge is -2.09. The van der Waals surface area contributed by atoms with Crippen molar-refractivity contribution in [3.8, 4) is 5.75 Å². The van der Waals surface area contributed by atoms with Gasteiger partial charge in [-0.05, 0) is 16.0 Å². The summed E-state index contributed by atoms with van der Waals surface area (Å²) < 4.78 is 39.3. The van der Waals surface area contributed by atoms with E-state index in [2.05, 4.69) is 9.72 Å². The molecule has 0 aliphatic heterocycles. The van der Waals surface area contributed by atoms with E-state index in [0.29, 0.717) is 0 Å². The van der Waals surface area contributed by atoms with Crippen LogP contribution in [-0.2, 0) is 6.54 Å². The first-order chi connectivity index (χ1) is 7.33. The van der Waals surface area contributed by atoms with Gasteiger partial charge in [-0.25, -0.2) is 0 Å². The highest BCUT2D eigenvalue weighted by atomic mass is 19.4. The summed E-state index contributed by atoms with van der Waals surface area (Å²) in [5, 5.41) is 10.3. The Hall–Kier alpha value is -1.90. The molecular weight excluding hydrogens is 231 g/mol. The van der Waals surface area contributed by atoms with Crippen LogP contribution in [0.4, 0.5) is 19.0 Å². The number of alkyl halides is 3. The number of aromatic nitrogens is 1. The van der Waals surface area contributed by atoms with Gasteiger partial charge in [0.15, 0.2) is 5.75 Å². The van der Waals surface area contributed by atoms with Crippen LogP contribution in [0.15, 0.2) is 12.1 Å². The Morgan fingerprint density at radius 3 is 2.56 bits per heavy atom. The molecule has 0 fully saturated rings. The van der Waals surface area contributed by atoms with Crippen molar-refractivity contribution in [1.82, 2.24) is 4.98 Å². The Morgan fingerprint density at radius 1 is 1.50 bits per heavy atom. The summed E-state index contributed by atoms with van der Waals surface area (Å²) in [5.41, 5.74) is 4.78. The smallest absolute Gasteiger partial charge is 0.401 e. The van der Waals surface area contributed by atoms with Crippen LogP contribution >= 0.6 is 0 Å². The lowest BCUT2D eigenvalue weighted by Crippen LogP contribution is -2.19. The molecule has 88 valence electrons. The van der Waals surface area contributed by atoms with E-state index in [1.54, 1.807) is 0 Å². The van der Waals surface area contributed by atoms with E-state index in [1.165, 1.54) is 0 Å². The van der Waals surface area contributed by atoms with E-state index < -0.39 is 29.4 Å². The zero-order chi connectivity index (χ0) is 12.3. The molecule has 0 aliphatic rings. The van der Waals surface area contributed by atoms with Crippen molar-refractivity contribution in [2.75, 3.05) is 0 Å². The van der Waals surface area contributed by atoms with Crippen molar-refractivity contribution in [2.45, 2.75) is 12.9 Å². The molecule has 0 amide bonds. The van der Waals surface area contributed by atoms with Crippen LogP contribution in [0, 0.1) is 10.1 Å². The van der Waals surface area contributed by atoms with Crippen LogP contribution in [0.25, 0.3) is 0 Å². The van der Waals surface area contributed by atoms with E-state index in [4.69, 9.17) is 5.73 Å². The number of rotatable bonds is 3. The van der Waals surface area contributed by atoms with Crippen molar-refractivity contribution >= 4 is 5.82 Å². The van der Waals surface area contributed by atoms with Crippen molar-refractivity contribution in [1.29, 1.82) is 0 Å². The summed E-state index contributed by atoms with van der Waals surface area (Å²) in [6.07, 6.45) is -4.89. The molecule has 0 saturated carbocycles. The predicted octanol–water partition coefficient (Wildman–Crippen LogP) is 1.35. The SMILES string of the molecule is NCc1nc([N+](=O)[O-])ccc1OC(F)(F)F. The third-order valence-corrected chi connectivity index (χ3v) is 1.52. The second-order valence-electron chi connectivity index (χ2n) is 2.62. The second kappa shape index (κ2) is 4.31. The molecule has 9 heteroatoms. The summed E-state index contributed by atoms with van der Waals surface area (Å²) in [7, 11) is 0. The molecule has 0 radical (unpaired) electrons. The average molecular weight is 237 g/mol. The Balaban J connectivity index is 3.07. The fourth-order valence-corrected chi connectivity index (χ4v) is 0.943. The average Bonchev–Trinajstić information content (AvgIpc) is 2.15. The molecule has 16 heavy (non-hydrogen) atoms. The maximum atomic E-state index is 11.9. The second-order valence-corrected chi connectivity index (χ2v) is 2.62. The first-order valence-corrected chi connectivity index (χ1v) is 3.93. The summed E-state index contributed by atoms with van der Waals surface area (Å²) in [4.78, 5) is 12.8.